The molecule has 0 saturated carbocycles. The fourth-order valence-electron chi connectivity index (χ4n) is 2.39. The normalized spacial score (nSPS) is 10.7. The third-order valence-electron chi connectivity index (χ3n) is 3.26. The van der Waals surface area contributed by atoms with Crippen LogP contribution >= 0.6 is 0 Å². The summed E-state index contributed by atoms with van der Waals surface area (Å²) in [4.78, 5) is 14.0. The number of fused-ring (bicyclic) bond motifs is 1. The number of nitrogens with one attached hydrogen (secondary N) is 1. The summed E-state index contributed by atoms with van der Waals surface area (Å²) in [6.45, 7) is 2.57. The molecule has 0 fully saturated rings. The number of ether oxygens (including phenoxy) is 1. The van der Waals surface area contributed by atoms with E-state index in [0.717, 1.165) is 27.6 Å². The maximum absolute atomic E-state index is 11.2. The summed E-state index contributed by atoms with van der Waals surface area (Å²) in [6, 6.07) is 15.5. The fourth-order valence-corrected chi connectivity index (χ4v) is 2.39. The molecule has 0 aliphatic rings. The van der Waals surface area contributed by atoms with Gasteiger partial charge in [-0.1, -0.05) is 30.3 Å². The largest absolute Gasteiger partial charge is 0.493 e. The van der Waals surface area contributed by atoms with Crippen molar-refractivity contribution in [2.75, 3.05) is 6.61 Å². The van der Waals surface area contributed by atoms with Crippen LogP contribution in [0.25, 0.3) is 21.9 Å². The third-order valence-corrected chi connectivity index (χ3v) is 3.26. The predicted octanol–water partition coefficient (Wildman–Crippen LogP) is 3.59. The quantitative estimate of drug-likeness (QED) is 0.786. The second-order valence-corrected chi connectivity index (χ2v) is 4.53. The number of H-pyrrole nitrogens is 1. The number of hydrogen-bond acceptors (Lipinski definition) is 2. The molecule has 0 bridgehead atoms. The van der Waals surface area contributed by atoms with E-state index in [-0.39, 0.29) is 5.56 Å². The first-order chi connectivity index (χ1) is 9.79. The number of hydrogen-bond donors (Lipinski definition) is 1. The predicted molar refractivity (Wildman–Crippen MR) is 81.2 cm³/mol. The molecule has 3 rings (SSSR count). The molecule has 100 valence electrons. The molecule has 3 nitrogen and oxygen atoms in total. The molecule has 0 aliphatic carbocycles. The van der Waals surface area contributed by atoms with Gasteiger partial charge in [0.1, 0.15) is 5.75 Å². The Morgan fingerprint density at radius 1 is 1.05 bits per heavy atom. The Hall–Kier alpha value is -2.55. The van der Waals surface area contributed by atoms with Crippen LogP contribution in [0.15, 0.2) is 59.5 Å². The van der Waals surface area contributed by atoms with E-state index in [1.165, 1.54) is 6.07 Å². The first-order valence-electron chi connectivity index (χ1n) is 6.63. The van der Waals surface area contributed by atoms with Gasteiger partial charge in [0.2, 0.25) is 5.56 Å². The third kappa shape index (κ3) is 2.18. The zero-order chi connectivity index (χ0) is 13.9. The summed E-state index contributed by atoms with van der Waals surface area (Å²) in [7, 11) is 0. The van der Waals surface area contributed by atoms with Gasteiger partial charge in [-0.15, -0.1) is 0 Å². The Morgan fingerprint density at radius 3 is 2.65 bits per heavy atom. The average molecular weight is 265 g/mol. The monoisotopic (exact) mass is 265 g/mol. The van der Waals surface area contributed by atoms with Gasteiger partial charge >= 0.3 is 0 Å². The van der Waals surface area contributed by atoms with Crippen LogP contribution in [0.4, 0.5) is 0 Å². The van der Waals surface area contributed by atoms with E-state index in [9.17, 15) is 4.79 Å². The van der Waals surface area contributed by atoms with E-state index in [0.29, 0.717) is 6.61 Å². The Balaban J connectivity index is 2.32. The van der Waals surface area contributed by atoms with Crippen LogP contribution < -0.4 is 10.3 Å². The van der Waals surface area contributed by atoms with Gasteiger partial charge in [-0.05, 0) is 29.8 Å². The second kappa shape index (κ2) is 5.21. The smallest absolute Gasteiger partial charge is 0.247 e. The van der Waals surface area contributed by atoms with Crippen molar-refractivity contribution in [3.05, 3.63) is 65.1 Å². The molecule has 0 atom stereocenters. The highest BCUT2D eigenvalue weighted by Crippen LogP contribution is 2.36. The fraction of sp³-hybridized carbons (Fsp3) is 0.118. The lowest BCUT2D eigenvalue weighted by molar-refractivity contribution is 0.342. The van der Waals surface area contributed by atoms with Gasteiger partial charge in [-0.25, -0.2) is 0 Å². The van der Waals surface area contributed by atoms with E-state index >= 15 is 0 Å². The van der Waals surface area contributed by atoms with Crippen LogP contribution in [0.5, 0.6) is 5.75 Å². The van der Waals surface area contributed by atoms with E-state index in [4.69, 9.17) is 4.74 Å². The van der Waals surface area contributed by atoms with Gasteiger partial charge in [-0.3, -0.25) is 4.79 Å². The van der Waals surface area contributed by atoms with Crippen molar-refractivity contribution in [2.45, 2.75) is 6.92 Å². The maximum atomic E-state index is 11.2. The van der Waals surface area contributed by atoms with Crippen molar-refractivity contribution in [2.24, 2.45) is 0 Å². The Labute approximate surface area is 116 Å². The van der Waals surface area contributed by atoms with Gasteiger partial charge in [0.05, 0.1) is 6.61 Å². The lowest BCUT2D eigenvalue weighted by Crippen LogP contribution is -2.02. The molecule has 1 N–H and O–H groups in total. The molecule has 2 aromatic carbocycles. The molecule has 20 heavy (non-hydrogen) atoms. The van der Waals surface area contributed by atoms with Crippen molar-refractivity contribution in [1.82, 2.24) is 4.98 Å². The number of pyridine rings is 1. The number of rotatable bonds is 3. The molecular weight excluding hydrogens is 250 g/mol. The first-order valence-corrected chi connectivity index (χ1v) is 6.63. The molecular formula is C17H15NO2. The minimum Gasteiger partial charge on any atom is -0.493 e. The number of aromatic nitrogens is 1. The van der Waals surface area contributed by atoms with E-state index in [1.54, 1.807) is 6.20 Å². The molecule has 0 amide bonds. The zero-order valence-electron chi connectivity index (χ0n) is 11.2. The molecule has 0 aliphatic heterocycles. The topological polar surface area (TPSA) is 42.1 Å². The van der Waals surface area contributed by atoms with Crippen LogP contribution in [-0.2, 0) is 0 Å². The molecule has 0 unspecified atom stereocenters. The van der Waals surface area contributed by atoms with Crippen LogP contribution in [0.2, 0.25) is 0 Å². The number of aromatic amines is 1. The van der Waals surface area contributed by atoms with Crippen LogP contribution in [0, 0.1) is 0 Å². The van der Waals surface area contributed by atoms with Crippen molar-refractivity contribution in [1.29, 1.82) is 0 Å². The second-order valence-electron chi connectivity index (χ2n) is 4.53. The van der Waals surface area contributed by atoms with Crippen molar-refractivity contribution >= 4 is 10.8 Å². The SMILES string of the molecule is CCOc1ccc2ccccc2c1-c1ccc(=O)[nH]c1. The average Bonchev–Trinajstić information content (AvgIpc) is 2.48. The molecule has 0 spiro atoms. The summed E-state index contributed by atoms with van der Waals surface area (Å²) < 4.78 is 5.74. The first kappa shape index (κ1) is 12.5. The van der Waals surface area contributed by atoms with Crippen molar-refractivity contribution in [3.63, 3.8) is 0 Å². The molecule has 0 radical (unpaired) electrons. The number of benzene rings is 2. The van der Waals surface area contributed by atoms with Gasteiger partial charge in [0.25, 0.3) is 0 Å². The maximum Gasteiger partial charge on any atom is 0.247 e. The molecule has 1 aromatic heterocycles. The van der Waals surface area contributed by atoms with Gasteiger partial charge in [-0.2, -0.15) is 0 Å². The summed E-state index contributed by atoms with van der Waals surface area (Å²) in [5, 5.41) is 2.27. The summed E-state index contributed by atoms with van der Waals surface area (Å²) >= 11 is 0. The molecule has 3 aromatic rings. The van der Waals surface area contributed by atoms with E-state index in [1.807, 2.05) is 31.2 Å². The highest BCUT2D eigenvalue weighted by atomic mass is 16.5. The van der Waals surface area contributed by atoms with Gasteiger partial charge in [0.15, 0.2) is 0 Å². The van der Waals surface area contributed by atoms with E-state index < -0.39 is 0 Å². The van der Waals surface area contributed by atoms with E-state index in [2.05, 4.69) is 23.2 Å². The molecule has 1 heterocycles. The highest BCUT2D eigenvalue weighted by Gasteiger charge is 2.10. The summed E-state index contributed by atoms with van der Waals surface area (Å²) in [5.74, 6) is 0.832. The van der Waals surface area contributed by atoms with Gasteiger partial charge < -0.3 is 9.72 Å². The zero-order valence-corrected chi connectivity index (χ0v) is 11.2. The lowest BCUT2D eigenvalue weighted by atomic mass is 9.98. The standard InChI is InChI=1S/C17H15NO2/c1-2-20-15-9-7-12-5-3-4-6-14(12)17(15)13-8-10-16(19)18-11-13/h3-11H,2H2,1H3,(H,18,19). The minimum atomic E-state index is -0.105. The summed E-state index contributed by atoms with van der Waals surface area (Å²) in [5.41, 5.74) is 1.86. The van der Waals surface area contributed by atoms with Crippen LogP contribution in [-0.4, -0.2) is 11.6 Å². The Morgan fingerprint density at radius 2 is 1.90 bits per heavy atom. The van der Waals surface area contributed by atoms with Crippen LogP contribution in [0.3, 0.4) is 0 Å². The molecule has 0 saturated heterocycles. The van der Waals surface area contributed by atoms with Crippen molar-refractivity contribution in [3.8, 4) is 16.9 Å². The van der Waals surface area contributed by atoms with Crippen molar-refractivity contribution < 1.29 is 4.74 Å². The van der Waals surface area contributed by atoms with Gasteiger partial charge in [0, 0.05) is 23.4 Å². The molecule has 3 heteroatoms. The Bertz CT molecular complexity index is 785. The minimum absolute atomic E-state index is 0.105. The lowest BCUT2D eigenvalue weighted by Gasteiger charge is -2.13. The summed E-state index contributed by atoms with van der Waals surface area (Å²) in [6.07, 6.45) is 1.73. The highest BCUT2D eigenvalue weighted by molar-refractivity contribution is 5.99. The Kier molecular flexibility index (Phi) is 3.25. The van der Waals surface area contributed by atoms with Crippen LogP contribution in [0.1, 0.15) is 6.92 Å².